The van der Waals surface area contributed by atoms with Crippen molar-refractivity contribution >= 4 is 11.8 Å². The van der Waals surface area contributed by atoms with Gasteiger partial charge in [-0.1, -0.05) is 36.4 Å². The number of fused-ring (bicyclic) bond motifs is 2. The third-order valence-corrected chi connectivity index (χ3v) is 5.14. The summed E-state index contributed by atoms with van der Waals surface area (Å²) < 4.78 is 5.40. The Bertz CT molecular complexity index is 773. The molecule has 4 rings (SSSR count). The largest absolute Gasteiger partial charge is 0.445 e. The molecule has 1 aliphatic carbocycles. The molecule has 0 radical (unpaired) electrons. The van der Waals surface area contributed by atoms with Crippen LogP contribution < -0.4 is 10.6 Å². The standard InChI is InChI=1S/C21H24N2O2/c1-14-10-19(23-21(24)25-13-15-6-3-2-4-7-15)18-11-16-8-5-9-17(16)12-20(18)22-14/h2-4,6-7,11-12,14,19,22H,5,8-10,13H2,1H3,(H,23,24)/t14-,19+/m0/s1. The van der Waals surface area contributed by atoms with Crippen LogP contribution in [-0.2, 0) is 24.2 Å². The van der Waals surface area contributed by atoms with Gasteiger partial charge in [0.1, 0.15) is 6.61 Å². The average molecular weight is 336 g/mol. The lowest BCUT2D eigenvalue weighted by Gasteiger charge is -2.32. The molecule has 130 valence electrons. The minimum atomic E-state index is -0.352. The molecule has 25 heavy (non-hydrogen) atoms. The molecule has 2 aromatic carbocycles. The zero-order valence-corrected chi connectivity index (χ0v) is 14.5. The summed E-state index contributed by atoms with van der Waals surface area (Å²) >= 11 is 0. The van der Waals surface area contributed by atoms with Crippen molar-refractivity contribution in [3.05, 3.63) is 64.7 Å². The van der Waals surface area contributed by atoms with E-state index in [4.69, 9.17) is 4.74 Å². The fraction of sp³-hybridized carbons (Fsp3) is 0.381. The van der Waals surface area contributed by atoms with Gasteiger partial charge in [-0.05, 0) is 60.9 Å². The van der Waals surface area contributed by atoms with E-state index in [1.54, 1.807) is 0 Å². The van der Waals surface area contributed by atoms with E-state index in [0.29, 0.717) is 12.6 Å². The van der Waals surface area contributed by atoms with Gasteiger partial charge in [0, 0.05) is 11.7 Å². The summed E-state index contributed by atoms with van der Waals surface area (Å²) in [5, 5.41) is 6.62. The van der Waals surface area contributed by atoms with Gasteiger partial charge in [0.05, 0.1) is 6.04 Å². The highest BCUT2D eigenvalue weighted by molar-refractivity contribution is 5.70. The summed E-state index contributed by atoms with van der Waals surface area (Å²) in [6.07, 6.45) is 4.05. The summed E-state index contributed by atoms with van der Waals surface area (Å²) in [5.74, 6) is 0. The first kappa shape index (κ1) is 16.0. The van der Waals surface area contributed by atoms with Crippen LogP contribution in [0.5, 0.6) is 0 Å². The Hall–Kier alpha value is -2.49. The van der Waals surface area contributed by atoms with Crippen molar-refractivity contribution in [3.63, 3.8) is 0 Å². The van der Waals surface area contributed by atoms with Crippen LogP contribution >= 0.6 is 0 Å². The second-order valence-electron chi connectivity index (χ2n) is 7.10. The lowest BCUT2D eigenvalue weighted by atomic mass is 9.91. The van der Waals surface area contributed by atoms with Crippen LogP contribution in [0.25, 0.3) is 0 Å². The second kappa shape index (κ2) is 6.79. The maximum atomic E-state index is 12.3. The Morgan fingerprint density at radius 3 is 2.76 bits per heavy atom. The van der Waals surface area contributed by atoms with E-state index in [9.17, 15) is 4.79 Å². The molecule has 0 saturated carbocycles. The quantitative estimate of drug-likeness (QED) is 0.876. The van der Waals surface area contributed by atoms with E-state index in [2.05, 4.69) is 29.7 Å². The van der Waals surface area contributed by atoms with Gasteiger partial charge >= 0.3 is 6.09 Å². The van der Waals surface area contributed by atoms with Gasteiger partial charge in [-0.25, -0.2) is 4.79 Å². The third-order valence-electron chi connectivity index (χ3n) is 5.14. The number of carbonyl (C=O) groups excluding carboxylic acids is 1. The molecule has 1 heterocycles. The normalized spacial score (nSPS) is 21.0. The van der Waals surface area contributed by atoms with E-state index in [1.807, 2.05) is 30.3 Å². The van der Waals surface area contributed by atoms with E-state index in [-0.39, 0.29) is 12.1 Å². The first-order valence-electron chi connectivity index (χ1n) is 9.08. The van der Waals surface area contributed by atoms with Crippen molar-refractivity contribution in [2.75, 3.05) is 5.32 Å². The minimum Gasteiger partial charge on any atom is -0.445 e. The van der Waals surface area contributed by atoms with Gasteiger partial charge in [0.2, 0.25) is 0 Å². The van der Waals surface area contributed by atoms with Crippen LogP contribution in [0.1, 0.15) is 48.1 Å². The van der Waals surface area contributed by atoms with Gasteiger partial charge < -0.3 is 15.4 Å². The average Bonchev–Trinajstić information content (AvgIpc) is 3.06. The summed E-state index contributed by atoms with van der Waals surface area (Å²) in [4.78, 5) is 12.3. The number of anilines is 1. The van der Waals surface area contributed by atoms with Gasteiger partial charge in [-0.2, -0.15) is 0 Å². The molecule has 4 heteroatoms. The predicted molar refractivity (Wildman–Crippen MR) is 98.7 cm³/mol. The Morgan fingerprint density at radius 2 is 1.96 bits per heavy atom. The summed E-state index contributed by atoms with van der Waals surface area (Å²) in [6.45, 7) is 2.45. The fourth-order valence-corrected chi connectivity index (χ4v) is 3.91. The van der Waals surface area contributed by atoms with Gasteiger partial charge in [-0.15, -0.1) is 0 Å². The van der Waals surface area contributed by atoms with E-state index in [1.165, 1.54) is 23.1 Å². The molecule has 0 unspecified atom stereocenters. The van der Waals surface area contributed by atoms with Gasteiger partial charge in [-0.3, -0.25) is 0 Å². The lowest BCUT2D eigenvalue weighted by Crippen LogP contribution is -2.36. The van der Waals surface area contributed by atoms with Crippen molar-refractivity contribution in [2.45, 2.75) is 51.3 Å². The maximum absolute atomic E-state index is 12.3. The predicted octanol–water partition coefficient (Wildman–Crippen LogP) is 4.35. The number of benzene rings is 2. The monoisotopic (exact) mass is 336 g/mol. The van der Waals surface area contributed by atoms with Crippen LogP contribution in [-0.4, -0.2) is 12.1 Å². The molecular formula is C21H24N2O2. The number of rotatable bonds is 3. The van der Waals surface area contributed by atoms with E-state index in [0.717, 1.165) is 30.5 Å². The minimum absolute atomic E-state index is 0.000392. The van der Waals surface area contributed by atoms with Gasteiger partial charge in [0.25, 0.3) is 0 Å². The molecule has 0 bridgehead atoms. The van der Waals surface area contributed by atoms with Crippen molar-refractivity contribution in [1.29, 1.82) is 0 Å². The molecule has 0 saturated heterocycles. The van der Waals surface area contributed by atoms with Gasteiger partial charge in [0.15, 0.2) is 0 Å². The van der Waals surface area contributed by atoms with E-state index >= 15 is 0 Å². The third kappa shape index (κ3) is 3.48. The Labute approximate surface area is 148 Å². The first-order valence-corrected chi connectivity index (χ1v) is 9.08. The Balaban J connectivity index is 1.46. The number of hydrogen-bond donors (Lipinski definition) is 2. The summed E-state index contributed by atoms with van der Waals surface area (Å²) in [6, 6.07) is 14.6. The molecule has 2 atom stereocenters. The number of hydrogen-bond acceptors (Lipinski definition) is 3. The highest BCUT2D eigenvalue weighted by Crippen LogP contribution is 2.37. The van der Waals surface area contributed by atoms with E-state index < -0.39 is 0 Å². The van der Waals surface area contributed by atoms with Crippen molar-refractivity contribution in [1.82, 2.24) is 5.32 Å². The molecule has 0 fully saturated rings. The molecule has 2 aliphatic rings. The van der Waals surface area contributed by atoms with Crippen LogP contribution in [0.2, 0.25) is 0 Å². The second-order valence-corrected chi connectivity index (χ2v) is 7.10. The smallest absolute Gasteiger partial charge is 0.407 e. The van der Waals surface area contributed by atoms with Crippen LogP contribution in [0.15, 0.2) is 42.5 Å². The Kier molecular flexibility index (Phi) is 4.35. The van der Waals surface area contributed by atoms with Crippen LogP contribution in [0.3, 0.4) is 0 Å². The molecular weight excluding hydrogens is 312 g/mol. The lowest BCUT2D eigenvalue weighted by molar-refractivity contribution is 0.134. The zero-order valence-electron chi connectivity index (χ0n) is 14.5. The fourth-order valence-electron chi connectivity index (χ4n) is 3.91. The van der Waals surface area contributed by atoms with Crippen LogP contribution in [0, 0.1) is 0 Å². The number of nitrogens with one attached hydrogen (secondary N) is 2. The number of aryl methyl sites for hydroxylation is 2. The molecule has 2 aromatic rings. The molecule has 1 amide bonds. The zero-order chi connectivity index (χ0) is 17.2. The number of carbonyl (C=O) groups is 1. The number of alkyl carbamates (subject to hydrolysis) is 1. The molecule has 0 spiro atoms. The maximum Gasteiger partial charge on any atom is 0.407 e. The Morgan fingerprint density at radius 1 is 1.20 bits per heavy atom. The topological polar surface area (TPSA) is 50.4 Å². The first-order chi connectivity index (χ1) is 12.2. The summed E-state index contributed by atoms with van der Waals surface area (Å²) in [5.41, 5.74) is 6.23. The molecule has 0 aromatic heterocycles. The molecule has 2 N–H and O–H groups in total. The summed E-state index contributed by atoms with van der Waals surface area (Å²) in [7, 11) is 0. The number of ether oxygens (including phenoxy) is 1. The SMILES string of the molecule is C[C@H]1C[C@@H](NC(=O)OCc2ccccc2)c2cc3c(cc2N1)CCC3. The highest BCUT2D eigenvalue weighted by atomic mass is 16.5. The molecule has 4 nitrogen and oxygen atoms in total. The highest BCUT2D eigenvalue weighted by Gasteiger charge is 2.28. The molecule has 1 aliphatic heterocycles. The van der Waals surface area contributed by atoms with Crippen molar-refractivity contribution in [3.8, 4) is 0 Å². The van der Waals surface area contributed by atoms with Crippen molar-refractivity contribution < 1.29 is 9.53 Å². The van der Waals surface area contributed by atoms with Crippen LogP contribution in [0.4, 0.5) is 10.5 Å². The number of amides is 1. The van der Waals surface area contributed by atoms with Crippen molar-refractivity contribution in [2.24, 2.45) is 0 Å².